The summed E-state index contributed by atoms with van der Waals surface area (Å²) in [5.41, 5.74) is -0.556. The zero-order chi connectivity index (χ0) is 33.7. The monoisotopic (exact) mass is 705 g/mol. The molecule has 0 unspecified atom stereocenters. The molecule has 0 saturated heterocycles. The molecule has 2 atom stereocenters. The van der Waals surface area contributed by atoms with Crippen molar-refractivity contribution in [3.8, 4) is 0 Å². The average molecular weight is 707 g/mol. The molecule has 7 nitrogen and oxygen atoms in total. The molecule has 0 heterocycles. The van der Waals surface area contributed by atoms with Crippen LogP contribution in [-0.4, -0.2) is 43.8 Å². The molecular weight excluding hydrogens is 674 g/mol. The van der Waals surface area contributed by atoms with Crippen LogP contribution in [-0.2, 0) is 32.3 Å². The van der Waals surface area contributed by atoms with Crippen LogP contribution < -0.4 is 9.62 Å². The Balaban J connectivity index is 2.17. The Hall–Kier alpha value is -2.99. The molecule has 0 spiro atoms. The number of nitrogens with zero attached hydrogens (tertiary/aromatic N) is 2. The summed E-state index contributed by atoms with van der Waals surface area (Å²) in [6, 6.07) is 11.5. The second-order valence-corrected chi connectivity index (χ2v) is 13.6. The molecule has 3 aromatic rings. The molecule has 244 valence electrons. The number of carbonyl (C=O) groups is 2. The number of rotatable bonds is 12. The fourth-order valence-electron chi connectivity index (χ4n) is 4.45. The number of halogens is 6. The fourth-order valence-corrected chi connectivity index (χ4v) is 6.54. The van der Waals surface area contributed by atoms with Crippen LogP contribution in [0.4, 0.5) is 18.9 Å². The molecule has 0 aliphatic heterocycles. The molecule has 2 amide bonds. The molecular formula is C31H33Cl3F3N3O4S. The molecule has 3 rings (SSSR count). The van der Waals surface area contributed by atoms with Crippen molar-refractivity contribution < 1.29 is 31.2 Å². The van der Waals surface area contributed by atoms with Gasteiger partial charge in [0.1, 0.15) is 12.6 Å². The van der Waals surface area contributed by atoms with E-state index in [0.717, 1.165) is 17.7 Å². The smallest absolute Gasteiger partial charge is 0.352 e. The highest BCUT2D eigenvalue weighted by molar-refractivity contribution is 7.92. The van der Waals surface area contributed by atoms with Gasteiger partial charge in [-0.15, -0.1) is 0 Å². The minimum absolute atomic E-state index is 0.142. The summed E-state index contributed by atoms with van der Waals surface area (Å²) < 4.78 is 70.1. The summed E-state index contributed by atoms with van der Waals surface area (Å²) in [6.07, 6.45) is -4.15. The van der Waals surface area contributed by atoms with Crippen molar-refractivity contribution in [3.05, 3.63) is 92.4 Å². The van der Waals surface area contributed by atoms with Gasteiger partial charge in [0.25, 0.3) is 10.0 Å². The topological polar surface area (TPSA) is 86.8 Å². The first-order valence-electron chi connectivity index (χ1n) is 14.0. The van der Waals surface area contributed by atoms with E-state index in [4.69, 9.17) is 34.8 Å². The van der Waals surface area contributed by atoms with E-state index in [2.05, 4.69) is 5.32 Å². The van der Waals surface area contributed by atoms with E-state index in [1.165, 1.54) is 35.2 Å². The summed E-state index contributed by atoms with van der Waals surface area (Å²) in [5, 5.41) is 2.74. The van der Waals surface area contributed by atoms with Gasteiger partial charge >= 0.3 is 6.18 Å². The van der Waals surface area contributed by atoms with Crippen LogP contribution in [0.15, 0.2) is 65.6 Å². The number of benzene rings is 3. The summed E-state index contributed by atoms with van der Waals surface area (Å²) >= 11 is 18.3. The SMILES string of the molecule is CC[C@@H](C)NC(=O)[C@@H](CC)N(Cc1ccc(Cl)cc1Cl)C(=O)CN(c1ccc(Cl)c(C(F)(F)F)c1)S(=O)(=O)c1ccc(C)cc1. The maximum atomic E-state index is 14.2. The molecule has 0 aliphatic rings. The van der Waals surface area contributed by atoms with Crippen molar-refractivity contribution in [3.63, 3.8) is 0 Å². The predicted molar refractivity (Wildman–Crippen MR) is 171 cm³/mol. The number of alkyl halides is 3. The van der Waals surface area contributed by atoms with E-state index >= 15 is 0 Å². The third-order valence-electron chi connectivity index (χ3n) is 7.17. The minimum atomic E-state index is -4.91. The van der Waals surface area contributed by atoms with Crippen LogP contribution in [0.3, 0.4) is 0 Å². The lowest BCUT2D eigenvalue weighted by molar-refractivity contribution is -0.140. The Morgan fingerprint density at radius 2 is 1.56 bits per heavy atom. The standard InChI is InChI=1S/C31H33Cl3F3N3O4S/c1-5-20(4)38-30(42)28(6-2)39(17-21-9-10-22(32)15-27(21)34)29(41)18-40(45(43,44)24-12-7-19(3)8-13-24)23-11-14-26(33)25(16-23)31(35,36)37/h7-16,20,28H,5-6,17-18H2,1-4H3,(H,38,42)/t20-,28-/m1/s1. The molecule has 0 fully saturated rings. The quantitative estimate of drug-likeness (QED) is 0.208. The van der Waals surface area contributed by atoms with Crippen LogP contribution in [0, 0.1) is 6.92 Å². The summed E-state index contributed by atoms with van der Waals surface area (Å²) in [7, 11) is -4.61. The van der Waals surface area contributed by atoms with E-state index in [1.54, 1.807) is 32.9 Å². The molecule has 0 saturated carbocycles. The van der Waals surface area contributed by atoms with Gasteiger partial charge in [-0.1, -0.05) is 72.4 Å². The molecule has 0 radical (unpaired) electrons. The molecule has 0 bridgehead atoms. The van der Waals surface area contributed by atoms with E-state index in [1.807, 2.05) is 6.92 Å². The Bertz CT molecular complexity index is 1640. The van der Waals surface area contributed by atoms with Gasteiger partial charge in [-0.3, -0.25) is 13.9 Å². The van der Waals surface area contributed by atoms with Gasteiger partial charge in [0.05, 0.1) is 21.2 Å². The zero-order valence-electron chi connectivity index (χ0n) is 25.0. The Morgan fingerprint density at radius 3 is 2.11 bits per heavy atom. The highest BCUT2D eigenvalue weighted by Crippen LogP contribution is 2.38. The number of nitrogens with one attached hydrogen (secondary N) is 1. The summed E-state index contributed by atoms with van der Waals surface area (Å²) in [5.74, 6) is -1.34. The molecule has 45 heavy (non-hydrogen) atoms. The van der Waals surface area contributed by atoms with Crippen LogP contribution >= 0.6 is 34.8 Å². The lowest BCUT2D eigenvalue weighted by Gasteiger charge is -2.34. The van der Waals surface area contributed by atoms with Gasteiger partial charge < -0.3 is 10.2 Å². The first-order valence-corrected chi connectivity index (χ1v) is 16.6. The van der Waals surface area contributed by atoms with Crippen LogP contribution in [0.25, 0.3) is 0 Å². The van der Waals surface area contributed by atoms with Gasteiger partial charge in [-0.05, 0) is 74.7 Å². The number of hydrogen-bond acceptors (Lipinski definition) is 4. The van der Waals surface area contributed by atoms with Crippen molar-refractivity contribution >= 4 is 62.3 Å². The van der Waals surface area contributed by atoms with Crippen LogP contribution in [0.2, 0.25) is 15.1 Å². The van der Waals surface area contributed by atoms with Gasteiger partial charge in [0.15, 0.2) is 0 Å². The number of amides is 2. The summed E-state index contributed by atoms with van der Waals surface area (Å²) in [6.45, 7) is 5.93. The van der Waals surface area contributed by atoms with Crippen LogP contribution in [0.5, 0.6) is 0 Å². The zero-order valence-corrected chi connectivity index (χ0v) is 28.0. The van der Waals surface area contributed by atoms with Crippen molar-refractivity contribution in [1.29, 1.82) is 0 Å². The Kier molecular flexibility index (Phi) is 12.2. The number of hydrogen-bond donors (Lipinski definition) is 1. The van der Waals surface area contributed by atoms with E-state index in [9.17, 15) is 31.2 Å². The second-order valence-electron chi connectivity index (χ2n) is 10.5. The number of aryl methyl sites for hydroxylation is 1. The molecule has 0 aliphatic carbocycles. The Labute approximate surface area is 276 Å². The van der Waals surface area contributed by atoms with E-state index in [0.29, 0.717) is 27.4 Å². The van der Waals surface area contributed by atoms with Crippen LogP contribution in [0.1, 0.15) is 50.3 Å². The second kappa shape index (κ2) is 15.1. The molecule has 14 heteroatoms. The highest BCUT2D eigenvalue weighted by atomic mass is 35.5. The minimum Gasteiger partial charge on any atom is -0.352 e. The van der Waals surface area contributed by atoms with E-state index < -0.39 is 56.9 Å². The maximum absolute atomic E-state index is 14.2. The van der Waals surface area contributed by atoms with Gasteiger partial charge in [0, 0.05) is 22.6 Å². The number of carbonyl (C=O) groups excluding carboxylic acids is 2. The lowest BCUT2D eigenvalue weighted by Crippen LogP contribution is -2.53. The number of anilines is 1. The van der Waals surface area contributed by atoms with Crippen molar-refractivity contribution in [2.45, 2.75) is 70.2 Å². The van der Waals surface area contributed by atoms with E-state index in [-0.39, 0.29) is 28.9 Å². The largest absolute Gasteiger partial charge is 0.417 e. The van der Waals surface area contributed by atoms with Gasteiger partial charge in [-0.2, -0.15) is 13.2 Å². The maximum Gasteiger partial charge on any atom is 0.417 e. The lowest BCUT2D eigenvalue weighted by atomic mass is 10.1. The normalized spacial score (nSPS) is 13.2. The molecule has 3 aromatic carbocycles. The highest BCUT2D eigenvalue weighted by Gasteiger charge is 2.37. The molecule has 0 aromatic heterocycles. The third-order valence-corrected chi connectivity index (χ3v) is 9.88. The number of sulfonamides is 1. The Morgan fingerprint density at radius 1 is 0.911 bits per heavy atom. The fraction of sp³-hybridized carbons (Fsp3) is 0.355. The first kappa shape index (κ1) is 36.5. The third kappa shape index (κ3) is 9.06. The van der Waals surface area contributed by atoms with Gasteiger partial charge in [-0.25, -0.2) is 8.42 Å². The first-order chi connectivity index (χ1) is 21.0. The predicted octanol–water partition coefficient (Wildman–Crippen LogP) is 7.89. The average Bonchev–Trinajstić information content (AvgIpc) is 2.96. The molecule has 1 N–H and O–H groups in total. The summed E-state index contributed by atoms with van der Waals surface area (Å²) in [4.78, 5) is 28.5. The van der Waals surface area contributed by atoms with Crippen molar-refractivity contribution in [1.82, 2.24) is 10.2 Å². The van der Waals surface area contributed by atoms with Gasteiger partial charge in [0.2, 0.25) is 11.8 Å². The van der Waals surface area contributed by atoms with Crippen molar-refractivity contribution in [2.75, 3.05) is 10.8 Å². The van der Waals surface area contributed by atoms with Crippen molar-refractivity contribution in [2.24, 2.45) is 0 Å².